The van der Waals surface area contributed by atoms with E-state index in [-0.39, 0.29) is 6.61 Å². The van der Waals surface area contributed by atoms with Gasteiger partial charge in [0.2, 0.25) is 0 Å². The molecule has 0 aromatic carbocycles. The first kappa shape index (κ1) is 10.8. The molecule has 1 atom stereocenters. The van der Waals surface area contributed by atoms with E-state index in [2.05, 4.69) is 0 Å². The highest BCUT2D eigenvalue weighted by Gasteiger charge is 2.03. The van der Waals surface area contributed by atoms with Gasteiger partial charge in [-0.3, -0.25) is 0 Å². The van der Waals surface area contributed by atoms with Crippen molar-refractivity contribution in [3.05, 3.63) is 0 Å². The van der Waals surface area contributed by atoms with Crippen molar-refractivity contribution in [2.24, 2.45) is 0 Å². The fourth-order valence-electron chi connectivity index (χ4n) is 0.908. The van der Waals surface area contributed by atoms with Crippen LogP contribution in [0.5, 0.6) is 0 Å². The smallest absolute Gasteiger partial charge is 0.128 e. The van der Waals surface area contributed by atoms with Crippen LogP contribution in [0.15, 0.2) is 0 Å². The van der Waals surface area contributed by atoms with Crippen molar-refractivity contribution in [2.75, 3.05) is 13.3 Å². The third kappa shape index (κ3) is 7.72. The molecule has 0 saturated carbocycles. The lowest BCUT2D eigenvalue weighted by Gasteiger charge is -2.01. The molecule has 1 N–H and O–H groups in total. The zero-order valence-electron chi connectivity index (χ0n) is 6.73. The number of hydrogen-bond donors (Lipinski definition) is 1. The highest BCUT2D eigenvalue weighted by Crippen LogP contribution is 2.08. The summed E-state index contributed by atoms with van der Waals surface area (Å²) < 4.78 is 23.8. The molecule has 0 spiro atoms. The van der Waals surface area contributed by atoms with E-state index in [1.165, 1.54) is 0 Å². The van der Waals surface area contributed by atoms with Gasteiger partial charge in [0.25, 0.3) is 0 Å². The molecular formula is C8H16F2O. The van der Waals surface area contributed by atoms with E-state index >= 15 is 0 Å². The molecule has 0 aromatic heterocycles. The van der Waals surface area contributed by atoms with Crippen LogP contribution in [0.25, 0.3) is 0 Å². The maximum absolute atomic E-state index is 12.2. The zero-order chi connectivity index (χ0) is 8.53. The van der Waals surface area contributed by atoms with E-state index in [4.69, 9.17) is 5.11 Å². The molecule has 0 bridgehead atoms. The summed E-state index contributed by atoms with van der Waals surface area (Å²) in [6, 6.07) is 0. The summed E-state index contributed by atoms with van der Waals surface area (Å²) in [6.07, 6.45) is 2.35. The molecule has 0 amide bonds. The van der Waals surface area contributed by atoms with Crippen molar-refractivity contribution in [1.29, 1.82) is 0 Å². The van der Waals surface area contributed by atoms with E-state index in [1.807, 2.05) is 0 Å². The van der Waals surface area contributed by atoms with Crippen molar-refractivity contribution < 1.29 is 13.9 Å². The lowest BCUT2D eigenvalue weighted by molar-refractivity contribution is 0.239. The minimum absolute atomic E-state index is 0.197. The van der Waals surface area contributed by atoms with Gasteiger partial charge in [-0.05, 0) is 12.8 Å². The minimum Gasteiger partial charge on any atom is -0.396 e. The third-order valence-corrected chi connectivity index (χ3v) is 1.59. The van der Waals surface area contributed by atoms with Gasteiger partial charge in [0.15, 0.2) is 0 Å². The number of aliphatic hydroxyl groups is 1. The van der Waals surface area contributed by atoms with Gasteiger partial charge in [0.1, 0.15) is 12.8 Å². The highest BCUT2D eigenvalue weighted by atomic mass is 19.2. The normalized spacial score (nSPS) is 13.4. The standard InChI is InChI=1S/C8H16F2O/c9-7-8(10)5-3-1-2-4-6-11/h8,11H,1-7H2. The molecule has 1 nitrogen and oxygen atoms in total. The van der Waals surface area contributed by atoms with Crippen LogP contribution in [0.1, 0.15) is 32.1 Å². The Hall–Kier alpha value is -0.180. The Morgan fingerprint density at radius 3 is 2.27 bits per heavy atom. The highest BCUT2D eigenvalue weighted by molar-refractivity contribution is 4.53. The summed E-state index contributed by atoms with van der Waals surface area (Å²) in [5.41, 5.74) is 0. The molecule has 3 heteroatoms. The first-order valence-electron chi connectivity index (χ1n) is 4.12. The van der Waals surface area contributed by atoms with Crippen LogP contribution in [0.2, 0.25) is 0 Å². The number of halogens is 2. The molecule has 1 unspecified atom stereocenters. The van der Waals surface area contributed by atoms with Crippen molar-refractivity contribution >= 4 is 0 Å². The van der Waals surface area contributed by atoms with Gasteiger partial charge in [-0.25, -0.2) is 8.78 Å². The second-order valence-electron chi connectivity index (χ2n) is 2.68. The van der Waals surface area contributed by atoms with E-state index in [9.17, 15) is 8.78 Å². The van der Waals surface area contributed by atoms with Gasteiger partial charge in [0, 0.05) is 6.61 Å². The minimum atomic E-state index is -1.27. The van der Waals surface area contributed by atoms with E-state index < -0.39 is 12.8 Å². The number of hydrogen-bond acceptors (Lipinski definition) is 1. The molecule has 0 rings (SSSR count). The van der Waals surface area contributed by atoms with Crippen LogP contribution in [-0.4, -0.2) is 24.6 Å². The maximum atomic E-state index is 12.2. The Labute approximate surface area is 66.4 Å². The van der Waals surface area contributed by atoms with Crippen LogP contribution >= 0.6 is 0 Å². The van der Waals surface area contributed by atoms with Gasteiger partial charge in [0.05, 0.1) is 0 Å². The lowest BCUT2D eigenvalue weighted by Crippen LogP contribution is -2.01. The third-order valence-electron chi connectivity index (χ3n) is 1.59. The Morgan fingerprint density at radius 1 is 1.09 bits per heavy atom. The average molecular weight is 166 g/mol. The Kier molecular flexibility index (Phi) is 7.79. The fraction of sp³-hybridized carbons (Fsp3) is 1.00. The monoisotopic (exact) mass is 166 g/mol. The maximum Gasteiger partial charge on any atom is 0.128 e. The summed E-state index contributed by atoms with van der Waals surface area (Å²) in [7, 11) is 0. The quantitative estimate of drug-likeness (QED) is 0.575. The SMILES string of the molecule is OCCCCCCC(F)CF. The van der Waals surface area contributed by atoms with Gasteiger partial charge in [-0.1, -0.05) is 19.3 Å². The number of unbranched alkanes of at least 4 members (excludes halogenated alkanes) is 3. The van der Waals surface area contributed by atoms with Gasteiger partial charge in [-0.2, -0.15) is 0 Å². The number of aliphatic hydroxyl groups excluding tert-OH is 1. The summed E-state index contributed by atoms with van der Waals surface area (Å²) in [5.74, 6) is 0. The van der Waals surface area contributed by atoms with Gasteiger partial charge >= 0.3 is 0 Å². The largest absolute Gasteiger partial charge is 0.396 e. The van der Waals surface area contributed by atoms with Crippen LogP contribution in [0.3, 0.4) is 0 Å². The summed E-state index contributed by atoms with van der Waals surface area (Å²) in [4.78, 5) is 0. The molecule has 11 heavy (non-hydrogen) atoms. The number of rotatable bonds is 7. The molecule has 0 heterocycles. The average Bonchev–Trinajstić information content (AvgIpc) is 2.04. The van der Waals surface area contributed by atoms with Gasteiger partial charge < -0.3 is 5.11 Å². The topological polar surface area (TPSA) is 20.2 Å². The van der Waals surface area contributed by atoms with Crippen molar-refractivity contribution in [2.45, 2.75) is 38.3 Å². The molecule has 68 valence electrons. The molecule has 0 aliphatic carbocycles. The van der Waals surface area contributed by atoms with Gasteiger partial charge in [-0.15, -0.1) is 0 Å². The molecule has 0 aliphatic heterocycles. The second kappa shape index (κ2) is 7.92. The van der Waals surface area contributed by atoms with Crippen molar-refractivity contribution in [3.8, 4) is 0 Å². The van der Waals surface area contributed by atoms with Crippen LogP contribution in [0, 0.1) is 0 Å². The molecule has 0 aliphatic rings. The first-order chi connectivity index (χ1) is 5.31. The zero-order valence-corrected chi connectivity index (χ0v) is 6.73. The van der Waals surface area contributed by atoms with Crippen molar-refractivity contribution in [1.82, 2.24) is 0 Å². The summed E-state index contributed by atoms with van der Waals surface area (Å²) in [6.45, 7) is -0.665. The Bertz CT molecular complexity index is 78.5. The van der Waals surface area contributed by atoms with Crippen LogP contribution < -0.4 is 0 Å². The number of alkyl halides is 2. The summed E-state index contributed by atoms with van der Waals surface area (Å²) in [5, 5.41) is 8.39. The van der Waals surface area contributed by atoms with Crippen LogP contribution in [-0.2, 0) is 0 Å². The van der Waals surface area contributed by atoms with E-state index in [0.717, 1.165) is 25.7 Å². The molecule has 0 radical (unpaired) electrons. The molecule has 0 aromatic rings. The fourth-order valence-corrected chi connectivity index (χ4v) is 0.908. The Morgan fingerprint density at radius 2 is 1.73 bits per heavy atom. The lowest BCUT2D eigenvalue weighted by atomic mass is 10.1. The van der Waals surface area contributed by atoms with Crippen molar-refractivity contribution in [3.63, 3.8) is 0 Å². The van der Waals surface area contributed by atoms with E-state index in [1.54, 1.807) is 0 Å². The van der Waals surface area contributed by atoms with Crippen LogP contribution in [0.4, 0.5) is 8.78 Å². The van der Waals surface area contributed by atoms with E-state index in [0.29, 0.717) is 6.42 Å². The predicted molar refractivity (Wildman–Crippen MR) is 41.0 cm³/mol. The second-order valence-corrected chi connectivity index (χ2v) is 2.68. The summed E-state index contributed by atoms with van der Waals surface area (Å²) >= 11 is 0. The molecule has 0 fully saturated rings. The predicted octanol–water partition coefficient (Wildman–Crippen LogP) is 2.24. The molecule has 0 saturated heterocycles. The first-order valence-corrected chi connectivity index (χ1v) is 4.12. The molecular weight excluding hydrogens is 150 g/mol. The Balaban J connectivity index is 2.89.